The van der Waals surface area contributed by atoms with Crippen LogP contribution >= 0.6 is 11.3 Å². The van der Waals surface area contributed by atoms with Gasteiger partial charge in [-0.05, 0) is 31.5 Å². The van der Waals surface area contributed by atoms with Crippen molar-refractivity contribution in [3.05, 3.63) is 51.4 Å². The van der Waals surface area contributed by atoms with Gasteiger partial charge in [-0.25, -0.2) is 4.98 Å². The van der Waals surface area contributed by atoms with E-state index in [4.69, 9.17) is 0 Å². The van der Waals surface area contributed by atoms with E-state index in [1.165, 1.54) is 22.2 Å². The molecule has 6 nitrogen and oxygen atoms in total. The molecule has 0 saturated carbocycles. The molecule has 1 aromatic carbocycles. The monoisotopic (exact) mass is 370 g/mol. The molecule has 0 unspecified atom stereocenters. The van der Waals surface area contributed by atoms with Gasteiger partial charge >= 0.3 is 0 Å². The first-order valence-corrected chi connectivity index (χ1v) is 9.21. The molecule has 0 saturated heterocycles. The number of anilines is 2. The Morgan fingerprint density at radius 3 is 2.73 bits per heavy atom. The van der Waals surface area contributed by atoms with Crippen molar-refractivity contribution in [2.45, 2.75) is 26.8 Å². The van der Waals surface area contributed by atoms with Gasteiger partial charge in [-0.15, -0.1) is 11.3 Å². The van der Waals surface area contributed by atoms with Crippen molar-refractivity contribution < 1.29 is 4.79 Å². The Kier molecular flexibility index (Phi) is 5.08. The Labute approximate surface area is 156 Å². The van der Waals surface area contributed by atoms with Crippen LogP contribution < -0.4 is 15.8 Å². The van der Waals surface area contributed by atoms with Crippen LogP contribution in [0.1, 0.15) is 16.9 Å². The highest BCUT2D eigenvalue weighted by atomic mass is 32.1. The smallest absolute Gasteiger partial charge is 0.262 e. The minimum Gasteiger partial charge on any atom is -0.376 e. The lowest BCUT2D eigenvalue weighted by molar-refractivity contribution is -0.116. The van der Waals surface area contributed by atoms with Crippen LogP contribution in [-0.4, -0.2) is 29.6 Å². The van der Waals surface area contributed by atoms with Gasteiger partial charge in [-0.3, -0.25) is 14.2 Å². The molecule has 0 radical (unpaired) electrons. The zero-order chi connectivity index (χ0) is 18.8. The fraction of sp³-hybridized carbons (Fsp3) is 0.316. The minimum atomic E-state index is -0.135. The summed E-state index contributed by atoms with van der Waals surface area (Å²) in [6.07, 6.45) is 1.73. The second-order valence-corrected chi connectivity index (χ2v) is 7.62. The SMILES string of the molecule is Cc1sc2ncn(CCC(=O)Nc3ccccc3N(C)C)c(=O)c2c1C. The van der Waals surface area contributed by atoms with E-state index in [1.54, 1.807) is 0 Å². The summed E-state index contributed by atoms with van der Waals surface area (Å²) in [6, 6.07) is 7.62. The van der Waals surface area contributed by atoms with Gasteiger partial charge in [-0.2, -0.15) is 0 Å². The van der Waals surface area contributed by atoms with Crippen LogP contribution in [0.3, 0.4) is 0 Å². The number of thiophene rings is 1. The number of fused-ring (bicyclic) bond motifs is 1. The summed E-state index contributed by atoms with van der Waals surface area (Å²) in [6.45, 7) is 4.22. The first kappa shape index (κ1) is 18.1. The standard InChI is InChI=1S/C19H22N4O2S/c1-12-13(2)26-18-17(12)19(25)23(11-20-18)10-9-16(24)21-14-7-5-6-8-15(14)22(3)4/h5-8,11H,9-10H2,1-4H3,(H,21,24). The van der Waals surface area contributed by atoms with E-state index in [2.05, 4.69) is 10.3 Å². The fourth-order valence-electron chi connectivity index (χ4n) is 2.83. The van der Waals surface area contributed by atoms with Crippen LogP contribution in [0.15, 0.2) is 35.4 Å². The molecule has 136 valence electrons. The zero-order valence-electron chi connectivity index (χ0n) is 15.4. The van der Waals surface area contributed by atoms with Gasteiger partial charge in [0.1, 0.15) is 4.83 Å². The van der Waals surface area contributed by atoms with Crippen LogP contribution in [-0.2, 0) is 11.3 Å². The lowest BCUT2D eigenvalue weighted by Crippen LogP contribution is -2.24. The molecule has 1 N–H and O–H groups in total. The first-order chi connectivity index (χ1) is 12.4. The van der Waals surface area contributed by atoms with E-state index in [9.17, 15) is 9.59 Å². The van der Waals surface area contributed by atoms with Crippen molar-refractivity contribution in [3.8, 4) is 0 Å². The van der Waals surface area contributed by atoms with Crippen molar-refractivity contribution in [3.63, 3.8) is 0 Å². The number of amides is 1. The first-order valence-electron chi connectivity index (χ1n) is 8.40. The van der Waals surface area contributed by atoms with Gasteiger partial charge in [0, 0.05) is 31.9 Å². The molecule has 0 fully saturated rings. The zero-order valence-corrected chi connectivity index (χ0v) is 16.2. The highest BCUT2D eigenvalue weighted by Gasteiger charge is 2.13. The molecule has 2 heterocycles. The molecule has 3 aromatic rings. The average Bonchev–Trinajstić information content (AvgIpc) is 2.89. The molecule has 0 atom stereocenters. The molecule has 0 bridgehead atoms. The maximum atomic E-state index is 12.7. The maximum absolute atomic E-state index is 12.7. The van der Waals surface area contributed by atoms with Crippen molar-refractivity contribution in [1.82, 2.24) is 9.55 Å². The lowest BCUT2D eigenvalue weighted by atomic mass is 10.2. The third-order valence-corrected chi connectivity index (χ3v) is 5.51. The fourth-order valence-corrected chi connectivity index (χ4v) is 3.82. The van der Waals surface area contributed by atoms with E-state index < -0.39 is 0 Å². The number of carbonyl (C=O) groups excluding carboxylic acids is 1. The number of aromatic nitrogens is 2. The summed E-state index contributed by atoms with van der Waals surface area (Å²) in [7, 11) is 3.85. The van der Waals surface area contributed by atoms with Gasteiger partial charge in [0.2, 0.25) is 5.91 Å². The van der Waals surface area contributed by atoms with E-state index in [-0.39, 0.29) is 17.9 Å². The van der Waals surface area contributed by atoms with E-state index in [1.807, 2.05) is 57.1 Å². The number of nitrogens with zero attached hydrogens (tertiary/aromatic N) is 3. The highest BCUT2D eigenvalue weighted by Crippen LogP contribution is 2.25. The summed E-state index contributed by atoms with van der Waals surface area (Å²) in [5, 5.41) is 3.58. The quantitative estimate of drug-likeness (QED) is 0.749. The molecule has 0 spiro atoms. The summed E-state index contributed by atoms with van der Waals surface area (Å²) in [5.74, 6) is -0.135. The second-order valence-electron chi connectivity index (χ2n) is 6.42. The Morgan fingerprint density at radius 2 is 2.00 bits per heavy atom. The number of rotatable bonds is 5. The van der Waals surface area contributed by atoms with Crippen LogP contribution in [0.4, 0.5) is 11.4 Å². The molecule has 0 aliphatic carbocycles. The van der Waals surface area contributed by atoms with Crippen LogP contribution in [0.2, 0.25) is 0 Å². The second kappa shape index (κ2) is 7.29. The lowest BCUT2D eigenvalue weighted by Gasteiger charge is -2.17. The number of para-hydroxylation sites is 2. The van der Waals surface area contributed by atoms with E-state index >= 15 is 0 Å². The molecule has 7 heteroatoms. The van der Waals surface area contributed by atoms with E-state index in [0.717, 1.165) is 26.6 Å². The molecular formula is C19H22N4O2S. The topological polar surface area (TPSA) is 67.2 Å². The Hall–Kier alpha value is -2.67. The summed E-state index contributed by atoms with van der Waals surface area (Å²) in [4.78, 5) is 33.2. The maximum Gasteiger partial charge on any atom is 0.262 e. The predicted octanol–water partition coefficient (Wildman–Crippen LogP) is 3.17. The van der Waals surface area contributed by atoms with Crippen molar-refractivity contribution >= 4 is 38.8 Å². The normalized spacial score (nSPS) is 10.9. The van der Waals surface area contributed by atoms with Gasteiger partial charge in [0.15, 0.2) is 0 Å². The van der Waals surface area contributed by atoms with Crippen molar-refractivity contribution in [1.29, 1.82) is 0 Å². The third-order valence-electron chi connectivity index (χ3n) is 4.40. The number of carbonyl (C=O) groups is 1. The summed E-state index contributed by atoms with van der Waals surface area (Å²) < 4.78 is 1.51. The molecular weight excluding hydrogens is 348 g/mol. The van der Waals surface area contributed by atoms with Gasteiger partial charge < -0.3 is 10.2 Å². The molecule has 0 aliphatic rings. The van der Waals surface area contributed by atoms with Gasteiger partial charge in [0.05, 0.1) is 23.1 Å². The van der Waals surface area contributed by atoms with E-state index in [0.29, 0.717) is 11.9 Å². The number of benzene rings is 1. The predicted molar refractivity (Wildman–Crippen MR) is 107 cm³/mol. The molecule has 1 amide bonds. The number of aryl methyl sites for hydroxylation is 3. The number of nitrogens with one attached hydrogen (secondary N) is 1. The number of hydrogen-bond acceptors (Lipinski definition) is 5. The third kappa shape index (κ3) is 3.48. The molecule has 3 rings (SSSR count). The molecule has 2 aromatic heterocycles. The van der Waals surface area contributed by atoms with Crippen molar-refractivity contribution in [2.24, 2.45) is 0 Å². The molecule has 0 aliphatic heterocycles. The van der Waals surface area contributed by atoms with Gasteiger partial charge in [-0.1, -0.05) is 12.1 Å². The van der Waals surface area contributed by atoms with Gasteiger partial charge in [0.25, 0.3) is 5.56 Å². The highest BCUT2D eigenvalue weighted by molar-refractivity contribution is 7.18. The Bertz CT molecular complexity index is 1020. The summed E-state index contributed by atoms with van der Waals surface area (Å²) in [5.41, 5.74) is 2.58. The minimum absolute atomic E-state index is 0.0849. The average molecular weight is 370 g/mol. The molecule has 26 heavy (non-hydrogen) atoms. The van der Waals surface area contributed by atoms with Crippen LogP contribution in [0.5, 0.6) is 0 Å². The summed E-state index contributed by atoms with van der Waals surface area (Å²) >= 11 is 1.52. The Morgan fingerprint density at radius 1 is 1.27 bits per heavy atom. The largest absolute Gasteiger partial charge is 0.376 e. The van der Waals surface area contributed by atoms with Crippen molar-refractivity contribution in [2.75, 3.05) is 24.3 Å². The van der Waals surface area contributed by atoms with Crippen LogP contribution in [0, 0.1) is 13.8 Å². The number of hydrogen-bond donors (Lipinski definition) is 1. The Balaban J connectivity index is 1.74. The van der Waals surface area contributed by atoms with Crippen LogP contribution in [0.25, 0.3) is 10.2 Å².